The minimum atomic E-state index is 0.878. The molecular weight excluding hydrogens is 270 g/mol. The first-order valence-electron chi connectivity index (χ1n) is 6.96. The van der Waals surface area contributed by atoms with Gasteiger partial charge >= 0.3 is 0 Å². The van der Waals surface area contributed by atoms with Crippen molar-refractivity contribution in [2.24, 2.45) is 0 Å². The molecule has 0 aliphatic heterocycles. The quantitative estimate of drug-likeness (QED) is 0.731. The van der Waals surface area contributed by atoms with E-state index in [0.717, 1.165) is 41.9 Å². The summed E-state index contributed by atoms with van der Waals surface area (Å²) in [6.45, 7) is 5.28. The van der Waals surface area contributed by atoms with Crippen molar-refractivity contribution < 1.29 is 4.74 Å². The van der Waals surface area contributed by atoms with Gasteiger partial charge in [0.25, 0.3) is 0 Å². The zero-order valence-corrected chi connectivity index (χ0v) is 13.1. The number of aryl methyl sites for hydroxylation is 1. The molecule has 0 spiro atoms. The van der Waals surface area contributed by atoms with Gasteiger partial charge in [-0.3, -0.25) is 0 Å². The van der Waals surface area contributed by atoms with Crippen molar-refractivity contribution in [2.75, 3.05) is 7.11 Å². The van der Waals surface area contributed by atoms with Gasteiger partial charge < -0.3 is 9.30 Å². The summed E-state index contributed by atoms with van der Waals surface area (Å²) < 4.78 is 7.48. The van der Waals surface area contributed by atoms with Gasteiger partial charge in [0.15, 0.2) is 5.16 Å². The van der Waals surface area contributed by atoms with E-state index in [4.69, 9.17) is 4.74 Å². The molecule has 2 aromatic rings. The second-order valence-electron chi connectivity index (χ2n) is 4.54. The Labute approximate surface area is 124 Å². The molecule has 0 radical (unpaired) electrons. The lowest BCUT2D eigenvalue weighted by atomic mass is 10.2. The Bertz CT molecular complexity index is 554. The summed E-state index contributed by atoms with van der Waals surface area (Å²) in [7, 11) is 1.69. The zero-order valence-electron chi connectivity index (χ0n) is 12.3. The fourth-order valence-electron chi connectivity index (χ4n) is 2.05. The van der Waals surface area contributed by atoms with Crippen LogP contribution in [0.15, 0.2) is 29.4 Å². The molecule has 0 fully saturated rings. The molecule has 1 aromatic heterocycles. The third kappa shape index (κ3) is 3.54. The van der Waals surface area contributed by atoms with E-state index in [-0.39, 0.29) is 0 Å². The van der Waals surface area contributed by atoms with Gasteiger partial charge in [0.2, 0.25) is 0 Å². The maximum Gasteiger partial charge on any atom is 0.191 e. The van der Waals surface area contributed by atoms with Crippen molar-refractivity contribution in [1.82, 2.24) is 14.8 Å². The molecule has 108 valence electrons. The number of methoxy groups -OCH3 is 1. The summed E-state index contributed by atoms with van der Waals surface area (Å²) in [5.74, 6) is 2.84. The van der Waals surface area contributed by atoms with Crippen LogP contribution in [0.3, 0.4) is 0 Å². The molecule has 0 atom stereocenters. The predicted octanol–water partition coefficient (Wildman–Crippen LogP) is 3.55. The number of thioether (sulfide) groups is 1. The van der Waals surface area contributed by atoms with Gasteiger partial charge in [-0.15, -0.1) is 10.2 Å². The van der Waals surface area contributed by atoms with Crippen molar-refractivity contribution in [3.63, 3.8) is 0 Å². The lowest BCUT2D eigenvalue weighted by Crippen LogP contribution is -2.04. The van der Waals surface area contributed by atoms with E-state index < -0.39 is 0 Å². The van der Waals surface area contributed by atoms with Crippen LogP contribution in [-0.4, -0.2) is 21.9 Å². The Morgan fingerprint density at radius 3 is 2.80 bits per heavy atom. The molecule has 1 heterocycles. The number of benzene rings is 1. The molecule has 0 bridgehead atoms. The van der Waals surface area contributed by atoms with Gasteiger partial charge in [-0.05, 0) is 24.1 Å². The second kappa shape index (κ2) is 7.33. The normalized spacial score (nSPS) is 10.8. The van der Waals surface area contributed by atoms with Crippen LogP contribution in [0.4, 0.5) is 0 Å². The number of aromatic nitrogens is 3. The van der Waals surface area contributed by atoms with Gasteiger partial charge in [0.1, 0.15) is 11.6 Å². The molecule has 0 aliphatic rings. The first-order chi connectivity index (χ1) is 9.78. The van der Waals surface area contributed by atoms with Crippen molar-refractivity contribution in [3.8, 4) is 5.75 Å². The lowest BCUT2D eigenvalue weighted by Gasteiger charge is -2.08. The first kappa shape index (κ1) is 14.9. The van der Waals surface area contributed by atoms with Crippen LogP contribution in [0.25, 0.3) is 0 Å². The standard InChI is InChI=1S/C15H21N3OS/c1-4-9-18-14(5-2)16-17-15(18)20-11-12-7-6-8-13(10-12)19-3/h6-8,10H,4-5,9,11H2,1-3H3. The Morgan fingerprint density at radius 2 is 2.10 bits per heavy atom. The molecule has 2 rings (SSSR count). The highest BCUT2D eigenvalue weighted by molar-refractivity contribution is 7.98. The monoisotopic (exact) mass is 291 g/mol. The maximum absolute atomic E-state index is 5.25. The van der Waals surface area contributed by atoms with E-state index in [1.165, 1.54) is 5.56 Å². The molecule has 0 saturated carbocycles. The molecule has 20 heavy (non-hydrogen) atoms. The number of hydrogen-bond donors (Lipinski definition) is 0. The van der Waals surface area contributed by atoms with Crippen LogP contribution in [0, 0.1) is 0 Å². The zero-order chi connectivity index (χ0) is 14.4. The molecule has 0 amide bonds. The molecule has 5 heteroatoms. The highest BCUT2D eigenvalue weighted by Gasteiger charge is 2.10. The average Bonchev–Trinajstić information content (AvgIpc) is 2.88. The minimum Gasteiger partial charge on any atom is -0.497 e. The summed E-state index contributed by atoms with van der Waals surface area (Å²) in [5, 5.41) is 9.58. The molecule has 0 saturated heterocycles. The van der Waals surface area contributed by atoms with Crippen molar-refractivity contribution >= 4 is 11.8 Å². The summed E-state index contributed by atoms with van der Waals surface area (Å²) in [6, 6.07) is 8.15. The highest BCUT2D eigenvalue weighted by atomic mass is 32.2. The second-order valence-corrected chi connectivity index (χ2v) is 5.49. The summed E-state index contributed by atoms with van der Waals surface area (Å²) in [6.07, 6.45) is 2.02. The topological polar surface area (TPSA) is 39.9 Å². The van der Waals surface area contributed by atoms with E-state index in [9.17, 15) is 0 Å². The Morgan fingerprint density at radius 1 is 1.25 bits per heavy atom. The van der Waals surface area contributed by atoms with Crippen LogP contribution >= 0.6 is 11.8 Å². The Kier molecular flexibility index (Phi) is 5.47. The molecule has 1 aromatic carbocycles. The molecule has 0 aliphatic carbocycles. The highest BCUT2D eigenvalue weighted by Crippen LogP contribution is 2.24. The van der Waals surface area contributed by atoms with Crippen molar-refractivity contribution in [2.45, 2.75) is 44.1 Å². The van der Waals surface area contributed by atoms with E-state index in [1.807, 2.05) is 12.1 Å². The smallest absolute Gasteiger partial charge is 0.191 e. The van der Waals surface area contributed by atoms with Crippen LogP contribution < -0.4 is 4.74 Å². The van der Waals surface area contributed by atoms with Crippen LogP contribution in [0.2, 0.25) is 0 Å². The average molecular weight is 291 g/mol. The van der Waals surface area contributed by atoms with E-state index in [0.29, 0.717) is 0 Å². The molecular formula is C15H21N3OS. The number of hydrogen-bond acceptors (Lipinski definition) is 4. The SMILES string of the molecule is CCCn1c(CC)nnc1SCc1cccc(OC)c1. The van der Waals surface area contributed by atoms with Crippen molar-refractivity contribution in [3.05, 3.63) is 35.7 Å². The predicted molar refractivity (Wildman–Crippen MR) is 82.2 cm³/mol. The molecule has 0 N–H and O–H groups in total. The fourth-order valence-corrected chi connectivity index (χ4v) is 2.97. The summed E-state index contributed by atoms with van der Waals surface area (Å²) in [4.78, 5) is 0. The first-order valence-corrected chi connectivity index (χ1v) is 7.94. The van der Waals surface area contributed by atoms with Crippen molar-refractivity contribution in [1.29, 1.82) is 0 Å². The lowest BCUT2D eigenvalue weighted by molar-refractivity contribution is 0.414. The summed E-state index contributed by atoms with van der Waals surface area (Å²) >= 11 is 1.73. The summed E-state index contributed by atoms with van der Waals surface area (Å²) in [5.41, 5.74) is 1.23. The number of nitrogens with zero attached hydrogens (tertiary/aromatic N) is 3. The van der Waals surface area contributed by atoms with Crippen LogP contribution in [-0.2, 0) is 18.7 Å². The third-order valence-electron chi connectivity index (χ3n) is 3.06. The van der Waals surface area contributed by atoms with E-state index in [1.54, 1.807) is 18.9 Å². The molecule has 4 nitrogen and oxygen atoms in total. The molecule has 0 unspecified atom stereocenters. The minimum absolute atomic E-state index is 0.878. The van der Waals surface area contributed by atoms with Gasteiger partial charge in [-0.25, -0.2) is 0 Å². The van der Waals surface area contributed by atoms with Gasteiger partial charge in [0, 0.05) is 18.7 Å². The fraction of sp³-hybridized carbons (Fsp3) is 0.467. The van der Waals surface area contributed by atoms with Gasteiger partial charge in [0.05, 0.1) is 7.11 Å². The third-order valence-corrected chi connectivity index (χ3v) is 4.10. The van der Waals surface area contributed by atoms with E-state index in [2.05, 4.69) is 40.7 Å². The number of ether oxygens (including phenoxy) is 1. The van der Waals surface area contributed by atoms with E-state index >= 15 is 0 Å². The van der Waals surface area contributed by atoms with Gasteiger partial charge in [-0.1, -0.05) is 37.7 Å². The largest absolute Gasteiger partial charge is 0.497 e. The Balaban J connectivity index is 2.08. The van der Waals surface area contributed by atoms with Crippen LogP contribution in [0.1, 0.15) is 31.7 Å². The van der Waals surface area contributed by atoms with Crippen LogP contribution in [0.5, 0.6) is 5.75 Å². The van der Waals surface area contributed by atoms with Gasteiger partial charge in [-0.2, -0.15) is 0 Å². The number of rotatable bonds is 7. The maximum atomic E-state index is 5.25. The Hall–Kier alpha value is -1.49.